The molecule has 15 heteroatoms. The number of nitrogens with one attached hydrogen (secondary N) is 1. The number of carbonyl (C=O) groups excluding carboxylic acids is 1. The Bertz CT molecular complexity index is 1410. The van der Waals surface area contributed by atoms with Crippen LogP contribution in [0.5, 0.6) is 0 Å². The van der Waals surface area contributed by atoms with Crippen LogP contribution in [0.2, 0.25) is 5.02 Å². The summed E-state index contributed by atoms with van der Waals surface area (Å²) in [5.74, 6) is -1.69. The van der Waals surface area contributed by atoms with E-state index in [4.69, 9.17) is 16.7 Å². The Hall–Kier alpha value is -2.81. The van der Waals surface area contributed by atoms with E-state index in [0.717, 1.165) is 17.4 Å². The SMILES string of the molecule is NS(=O)(=O)C1CCN(c2ncc(C(=O)Nc3nc(-c4cccc(C(F)(F)F)c4F)cs3)cc2Cl)CC1. The number of nitrogens with two attached hydrogens (primary N) is 1. The average Bonchev–Trinajstić information content (AvgIpc) is 3.26. The van der Waals surface area contributed by atoms with E-state index in [1.54, 1.807) is 4.90 Å². The standard InChI is InChI=1S/C21H18ClF4N5O3S2/c22-15-8-11(9-28-18(15)31-6-4-12(5-7-31)36(27,33)34)19(32)30-20-29-16(10-35-20)13-2-1-3-14(17(13)23)21(24,25)26/h1-3,8-10,12H,4-7H2,(H2,27,33,34)(H,29,30,32). The molecule has 0 spiro atoms. The molecule has 1 amide bonds. The van der Waals surface area contributed by atoms with Crippen LogP contribution < -0.4 is 15.4 Å². The highest BCUT2D eigenvalue weighted by molar-refractivity contribution is 7.89. The van der Waals surface area contributed by atoms with Gasteiger partial charge < -0.3 is 4.90 Å². The van der Waals surface area contributed by atoms with Crippen molar-refractivity contribution in [3.63, 3.8) is 0 Å². The molecule has 1 saturated heterocycles. The molecule has 0 unspecified atom stereocenters. The molecule has 36 heavy (non-hydrogen) atoms. The Balaban J connectivity index is 1.46. The van der Waals surface area contributed by atoms with Crippen molar-refractivity contribution >= 4 is 49.8 Å². The first-order chi connectivity index (χ1) is 16.8. The number of sulfonamides is 1. The Kier molecular flexibility index (Phi) is 7.23. The Labute approximate surface area is 212 Å². The largest absolute Gasteiger partial charge is 0.419 e. The molecule has 2 aromatic heterocycles. The molecular weight excluding hydrogens is 546 g/mol. The normalized spacial score (nSPS) is 15.2. The lowest BCUT2D eigenvalue weighted by Gasteiger charge is -2.32. The summed E-state index contributed by atoms with van der Waals surface area (Å²) in [6, 6.07) is 4.26. The van der Waals surface area contributed by atoms with Crippen molar-refractivity contribution in [3.05, 3.63) is 57.8 Å². The van der Waals surface area contributed by atoms with Crippen molar-refractivity contribution in [3.8, 4) is 11.3 Å². The number of hydrogen-bond donors (Lipinski definition) is 2. The summed E-state index contributed by atoms with van der Waals surface area (Å²) in [6.45, 7) is 0.737. The molecule has 3 N–H and O–H groups in total. The van der Waals surface area contributed by atoms with Gasteiger partial charge in [0.05, 0.1) is 27.1 Å². The minimum Gasteiger partial charge on any atom is -0.355 e. The van der Waals surface area contributed by atoms with Crippen LogP contribution in [-0.2, 0) is 16.2 Å². The lowest BCUT2D eigenvalue weighted by atomic mass is 10.1. The third kappa shape index (κ3) is 5.61. The van der Waals surface area contributed by atoms with Gasteiger partial charge in [-0.05, 0) is 31.0 Å². The maximum absolute atomic E-state index is 14.4. The number of anilines is 2. The third-order valence-electron chi connectivity index (χ3n) is 5.59. The molecule has 3 heterocycles. The fourth-order valence-corrected chi connectivity index (χ4v) is 5.62. The first kappa shape index (κ1) is 26.3. The number of piperidine rings is 1. The smallest absolute Gasteiger partial charge is 0.355 e. The predicted molar refractivity (Wildman–Crippen MR) is 128 cm³/mol. The van der Waals surface area contributed by atoms with Gasteiger partial charge in [-0.2, -0.15) is 13.2 Å². The number of alkyl halides is 3. The molecule has 0 radical (unpaired) electrons. The van der Waals surface area contributed by atoms with Crippen molar-refractivity contribution in [2.45, 2.75) is 24.3 Å². The number of primary sulfonamides is 1. The van der Waals surface area contributed by atoms with Gasteiger partial charge in [0, 0.05) is 30.2 Å². The molecule has 0 saturated carbocycles. The molecule has 0 atom stereocenters. The Morgan fingerprint density at radius 1 is 1.25 bits per heavy atom. The maximum atomic E-state index is 14.4. The Morgan fingerprint density at radius 2 is 1.94 bits per heavy atom. The number of aromatic nitrogens is 2. The predicted octanol–water partition coefficient (Wildman–Crippen LogP) is 4.53. The van der Waals surface area contributed by atoms with Crippen molar-refractivity contribution < 1.29 is 30.8 Å². The second-order valence-electron chi connectivity index (χ2n) is 7.96. The van der Waals surface area contributed by atoms with Gasteiger partial charge in [0.25, 0.3) is 5.91 Å². The van der Waals surface area contributed by atoms with E-state index in [-0.39, 0.29) is 27.0 Å². The molecule has 1 aliphatic rings. The summed E-state index contributed by atoms with van der Waals surface area (Å²) < 4.78 is 76.4. The first-order valence-electron chi connectivity index (χ1n) is 10.4. The van der Waals surface area contributed by atoms with Crippen molar-refractivity contribution in [2.75, 3.05) is 23.3 Å². The minimum atomic E-state index is -4.86. The summed E-state index contributed by atoms with van der Waals surface area (Å²) in [6.07, 6.45) is -2.94. The lowest BCUT2D eigenvalue weighted by Crippen LogP contribution is -2.42. The van der Waals surface area contributed by atoms with E-state index in [2.05, 4.69) is 15.3 Å². The van der Waals surface area contributed by atoms with Gasteiger partial charge in [-0.3, -0.25) is 10.1 Å². The molecule has 1 aromatic carbocycles. The van der Waals surface area contributed by atoms with Crippen LogP contribution in [0.15, 0.2) is 35.8 Å². The van der Waals surface area contributed by atoms with Gasteiger partial charge in [-0.25, -0.2) is 27.9 Å². The molecule has 0 bridgehead atoms. The lowest BCUT2D eigenvalue weighted by molar-refractivity contribution is -0.139. The molecular formula is C21H18ClF4N5O3S2. The van der Waals surface area contributed by atoms with Crippen molar-refractivity contribution in [2.24, 2.45) is 5.14 Å². The summed E-state index contributed by atoms with van der Waals surface area (Å²) in [5, 5.41) is 8.60. The first-order valence-corrected chi connectivity index (χ1v) is 13.3. The van der Waals surface area contributed by atoms with Gasteiger partial charge in [0.2, 0.25) is 10.0 Å². The summed E-state index contributed by atoms with van der Waals surface area (Å²) in [7, 11) is -3.63. The fraction of sp³-hybridized carbons (Fsp3) is 0.286. The average molecular weight is 564 g/mol. The maximum Gasteiger partial charge on any atom is 0.419 e. The second-order valence-corrected chi connectivity index (χ2v) is 11.1. The van der Waals surface area contributed by atoms with Gasteiger partial charge in [0.15, 0.2) is 5.13 Å². The molecule has 3 aromatic rings. The molecule has 1 aliphatic heterocycles. The topological polar surface area (TPSA) is 118 Å². The van der Waals surface area contributed by atoms with Crippen molar-refractivity contribution in [1.82, 2.24) is 9.97 Å². The van der Waals surface area contributed by atoms with E-state index in [9.17, 15) is 30.8 Å². The van der Waals surface area contributed by atoms with Gasteiger partial charge in [0.1, 0.15) is 11.6 Å². The number of halogens is 5. The van der Waals surface area contributed by atoms with Crippen molar-refractivity contribution in [1.29, 1.82) is 0 Å². The third-order valence-corrected chi connectivity index (χ3v) is 8.03. The fourth-order valence-electron chi connectivity index (χ4n) is 3.76. The van der Waals surface area contributed by atoms with Gasteiger partial charge in [-0.1, -0.05) is 17.7 Å². The van der Waals surface area contributed by atoms with Crippen LogP contribution in [0.25, 0.3) is 11.3 Å². The monoisotopic (exact) mass is 563 g/mol. The molecule has 4 rings (SSSR count). The number of amides is 1. The van der Waals surface area contributed by atoms with E-state index in [0.29, 0.717) is 37.8 Å². The van der Waals surface area contributed by atoms with Crippen LogP contribution in [-0.4, -0.2) is 42.6 Å². The number of nitrogens with zero attached hydrogens (tertiary/aromatic N) is 3. The zero-order valence-electron chi connectivity index (χ0n) is 18.2. The second kappa shape index (κ2) is 9.92. The molecule has 192 valence electrons. The molecule has 0 aliphatic carbocycles. The highest BCUT2D eigenvalue weighted by atomic mass is 35.5. The highest BCUT2D eigenvalue weighted by Crippen LogP contribution is 2.36. The number of hydrogen-bond acceptors (Lipinski definition) is 7. The number of benzene rings is 1. The van der Waals surface area contributed by atoms with E-state index >= 15 is 0 Å². The van der Waals surface area contributed by atoms with Crippen LogP contribution in [0.3, 0.4) is 0 Å². The summed E-state index contributed by atoms with van der Waals surface area (Å²) >= 11 is 7.23. The van der Waals surface area contributed by atoms with Gasteiger partial charge in [-0.15, -0.1) is 11.3 Å². The number of rotatable bonds is 5. The van der Waals surface area contributed by atoms with Crippen LogP contribution in [0.1, 0.15) is 28.8 Å². The highest BCUT2D eigenvalue weighted by Gasteiger charge is 2.35. The van der Waals surface area contributed by atoms with Crippen LogP contribution in [0.4, 0.5) is 28.5 Å². The van der Waals surface area contributed by atoms with E-state index < -0.39 is 38.7 Å². The minimum absolute atomic E-state index is 0.0390. The Morgan fingerprint density at radius 3 is 2.56 bits per heavy atom. The summed E-state index contributed by atoms with van der Waals surface area (Å²) in [5.41, 5.74) is -1.73. The van der Waals surface area contributed by atoms with Gasteiger partial charge >= 0.3 is 6.18 Å². The van der Waals surface area contributed by atoms with Crippen LogP contribution in [0, 0.1) is 5.82 Å². The van der Waals surface area contributed by atoms with Crippen LogP contribution >= 0.6 is 22.9 Å². The molecule has 8 nitrogen and oxygen atoms in total. The zero-order valence-corrected chi connectivity index (χ0v) is 20.6. The zero-order chi connectivity index (χ0) is 26.3. The van der Waals surface area contributed by atoms with E-state index in [1.807, 2.05) is 0 Å². The number of thiazole rings is 1. The molecule has 1 fully saturated rings. The number of carbonyl (C=O) groups is 1. The number of pyridine rings is 1. The summed E-state index contributed by atoms with van der Waals surface area (Å²) in [4.78, 5) is 22.7. The van der Waals surface area contributed by atoms with E-state index in [1.165, 1.54) is 23.7 Å². The quantitative estimate of drug-likeness (QED) is 0.441.